The third-order valence-corrected chi connectivity index (χ3v) is 6.07. The van der Waals surface area contributed by atoms with Gasteiger partial charge in [-0.1, -0.05) is 11.2 Å². The van der Waals surface area contributed by atoms with Gasteiger partial charge in [0, 0.05) is 18.7 Å². The summed E-state index contributed by atoms with van der Waals surface area (Å²) >= 11 is 0. The summed E-state index contributed by atoms with van der Waals surface area (Å²) in [4.78, 5) is 23.9. The highest BCUT2D eigenvalue weighted by atomic mass is 19.1. The van der Waals surface area contributed by atoms with Crippen molar-refractivity contribution >= 4 is 28.5 Å². The zero-order valence-electron chi connectivity index (χ0n) is 18.9. The van der Waals surface area contributed by atoms with Crippen molar-refractivity contribution in [3.05, 3.63) is 60.2 Å². The van der Waals surface area contributed by atoms with E-state index in [0.717, 1.165) is 24.9 Å². The average Bonchev–Trinajstić information content (AvgIpc) is 3.29. The van der Waals surface area contributed by atoms with Gasteiger partial charge in [0.1, 0.15) is 34.8 Å². The van der Waals surface area contributed by atoms with E-state index in [0.29, 0.717) is 46.2 Å². The first-order chi connectivity index (χ1) is 16.5. The van der Waals surface area contributed by atoms with E-state index in [2.05, 4.69) is 25.3 Å². The monoisotopic (exact) mass is 461 g/mol. The molecular formula is C25H24FN5O3. The summed E-state index contributed by atoms with van der Waals surface area (Å²) in [6.07, 6.45) is 3.02. The third-order valence-electron chi connectivity index (χ3n) is 6.07. The number of halogens is 1. The Morgan fingerprint density at radius 2 is 2.03 bits per heavy atom. The van der Waals surface area contributed by atoms with E-state index in [1.165, 1.54) is 18.5 Å². The maximum absolute atomic E-state index is 13.4. The van der Waals surface area contributed by atoms with Crippen molar-refractivity contribution in [2.75, 3.05) is 30.4 Å². The molecule has 1 N–H and O–H groups in total. The molecule has 1 aliphatic rings. The average molecular weight is 461 g/mol. The molecule has 1 fully saturated rings. The van der Waals surface area contributed by atoms with Gasteiger partial charge in [-0.3, -0.25) is 4.79 Å². The molecule has 1 atom stereocenters. The lowest BCUT2D eigenvalue weighted by atomic mass is 9.96. The molecule has 8 nitrogen and oxygen atoms in total. The van der Waals surface area contributed by atoms with Crippen LogP contribution in [0.1, 0.15) is 18.4 Å². The lowest BCUT2D eigenvalue weighted by molar-refractivity contribution is -0.120. The van der Waals surface area contributed by atoms with Crippen LogP contribution < -0.4 is 15.0 Å². The van der Waals surface area contributed by atoms with Gasteiger partial charge in [-0.25, -0.2) is 9.37 Å². The summed E-state index contributed by atoms with van der Waals surface area (Å²) in [7, 11) is 1.58. The first kappa shape index (κ1) is 21.8. The lowest BCUT2D eigenvalue weighted by Gasteiger charge is -2.33. The molecule has 34 heavy (non-hydrogen) atoms. The van der Waals surface area contributed by atoms with Crippen LogP contribution in [0.3, 0.4) is 0 Å². The number of methoxy groups -OCH3 is 1. The van der Waals surface area contributed by atoms with Crippen LogP contribution in [0.25, 0.3) is 22.4 Å². The maximum atomic E-state index is 13.4. The molecule has 5 rings (SSSR count). The molecule has 0 bridgehead atoms. The highest BCUT2D eigenvalue weighted by molar-refractivity contribution is 5.98. The number of carbonyl (C=O) groups is 1. The number of nitrogens with zero attached hydrogens (tertiary/aromatic N) is 4. The fourth-order valence-corrected chi connectivity index (χ4v) is 4.35. The van der Waals surface area contributed by atoms with Crippen LogP contribution in [0.2, 0.25) is 0 Å². The first-order valence-corrected chi connectivity index (χ1v) is 11.1. The lowest BCUT2D eigenvalue weighted by Crippen LogP contribution is -2.41. The van der Waals surface area contributed by atoms with E-state index in [1.54, 1.807) is 19.2 Å². The van der Waals surface area contributed by atoms with Crippen molar-refractivity contribution in [3.63, 3.8) is 0 Å². The Kier molecular flexibility index (Phi) is 5.83. The quantitative estimate of drug-likeness (QED) is 0.464. The van der Waals surface area contributed by atoms with Crippen molar-refractivity contribution in [3.8, 4) is 17.0 Å². The van der Waals surface area contributed by atoms with E-state index in [4.69, 9.17) is 9.26 Å². The summed E-state index contributed by atoms with van der Waals surface area (Å²) in [6.45, 7) is 3.19. The normalized spacial score (nSPS) is 16.0. The Morgan fingerprint density at radius 1 is 1.21 bits per heavy atom. The third kappa shape index (κ3) is 4.16. The minimum absolute atomic E-state index is 0.0667. The number of carbonyl (C=O) groups excluding carboxylic acids is 1. The van der Waals surface area contributed by atoms with Crippen LogP contribution in [0, 0.1) is 18.7 Å². The Morgan fingerprint density at radius 3 is 2.82 bits per heavy atom. The van der Waals surface area contributed by atoms with Crippen molar-refractivity contribution in [1.29, 1.82) is 0 Å². The summed E-state index contributed by atoms with van der Waals surface area (Å²) in [6, 6.07) is 11.7. The van der Waals surface area contributed by atoms with E-state index < -0.39 is 0 Å². The molecule has 0 spiro atoms. The summed E-state index contributed by atoms with van der Waals surface area (Å²) in [5, 5.41) is 7.85. The highest BCUT2D eigenvalue weighted by Crippen LogP contribution is 2.35. The molecule has 0 unspecified atom stereocenters. The molecule has 2 aromatic heterocycles. The van der Waals surface area contributed by atoms with Gasteiger partial charge in [0.05, 0.1) is 18.7 Å². The molecule has 174 valence electrons. The second kappa shape index (κ2) is 9.09. The van der Waals surface area contributed by atoms with Gasteiger partial charge < -0.3 is 19.5 Å². The number of benzene rings is 2. The molecule has 1 aliphatic heterocycles. The number of anilines is 2. The molecule has 0 aliphatic carbocycles. The first-order valence-electron chi connectivity index (χ1n) is 11.1. The number of piperidine rings is 1. The van der Waals surface area contributed by atoms with E-state index in [9.17, 15) is 9.18 Å². The number of ether oxygens (including phenoxy) is 1. The zero-order chi connectivity index (χ0) is 23.7. The van der Waals surface area contributed by atoms with Gasteiger partial charge in [-0.05, 0) is 61.7 Å². The summed E-state index contributed by atoms with van der Waals surface area (Å²) in [5.74, 6) is 0.637. The molecule has 0 radical (unpaired) electrons. The minimum atomic E-state index is -0.330. The predicted molar refractivity (Wildman–Crippen MR) is 126 cm³/mol. The maximum Gasteiger partial charge on any atom is 0.263 e. The van der Waals surface area contributed by atoms with Crippen LogP contribution in [0.5, 0.6) is 5.75 Å². The predicted octanol–water partition coefficient (Wildman–Crippen LogP) is 4.60. The highest BCUT2D eigenvalue weighted by Gasteiger charge is 2.30. The fraction of sp³-hybridized carbons (Fsp3) is 0.280. The Bertz CT molecular complexity index is 1340. The topological polar surface area (TPSA) is 93.4 Å². The van der Waals surface area contributed by atoms with Crippen LogP contribution >= 0.6 is 0 Å². The van der Waals surface area contributed by atoms with Crippen molar-refractivity contribution < 1.29 is 18.4 Å². The molecular weight excluding hydrogens is 437 g/mol. The smallest absolute Gasteiger partial charge is 0.263 e. The molecule has 0 saturated carbocycles. The van der Waals surface area contributed by atoms with Gasteiger partial charge in [-0.15, -0.1) is 0 Å². The minimum Gasteiger partial charge on any atom is -0.495 e. The largest absolute Gasteiger partial charge is 0.495 e. The van der Waals surface area contributed by atoms with E-state index >= 15 is 0 Å². The summed E-state index contributed by atoms with van der Waals surface area (Å²) < 4.78 is 24.3. The second-order valence-corrected chi connectivity index (χ2v) is 8.39. The molecule has 3 heterocycles. The number of nitrogens with one attached hydrogen (secondary N) is 1. The standard InChI is InChI=1S/C25H24FN5O3/c1-15-5-10-20(33-2)19(12-15)29-24(32)17-4-3-11-31(13-17)23-21-22(16-6-8-18(26)9-7-16)30-34-25(21)28-14-27-23/h5-10,12,14,17H,3-4,11,13H2,1-2H3,(H,29,32)/t17-/m0/s1. The molecule has 2 aromatic carbocycles. The number of amides is 1. The van der Waals surface area contributed by atoms with Gasteiger partial charge in [0.25, 0.3) is 5.71 Å². The Labute approximate surface area is 195 Å². The van der Waals surface area contributed by atoms with Crippen molar-refractivity contribution in [1.82, 2.24) is 15.1 Å². The van der Waals surface area contributed by atoms with E-state index in [-0.39, 0.29) is 17.6 Å². The van der Waals surface area contributed by atoms with Crippen LogP contribution in [-0.2, 0) is 4.79 Å². The van der Waals surface area contributed by atoms with E-state index in [1.807, 2.05) is 25.1 Å². The number of rotatable bonds is 5. The fourth-order valence-electron chi connectivity index (χ4n) is 4.35. The van der Waals surface area contributed by atoms with Gasteiger partial charge in [-0.2, -0.15) is 4.98 Å². The van der Waals surface area contributed by atoms with Crippen LogP contribution in [-0.4, -0.2) is 41.2 Å². The van der Waals surface area contributed by atoms with Crippen molar-refractivity contribution in [2.45, 2.75) is 19.8 Å². The SMILES string of the molecule is COc1ccc(C)cc1NC(=O)[C@H]1CCCN(c2ncnc3onc(-c4ccc(F)cc4)c23)C1. The van der Waals surface area contributed by atoms with Gasteiger partial charge in [0.2, 0.25) is 5.91 Å². The number of aryl methyl sites for hydroxylation is 1. The molecule has 9 heteroatoms. The Balaban J connectivity index is 1.42. The van der Waals surface area contributed by atoms with Crippen LogP contribution in [0.4, 0.5) is 15.9 Å². The molecule has 4 aromatic rings. The number of aromatic nitrogens is 3. The number of hydrogen-bond acceptors (Lipinski definition) is 7. The van der Waals surface area contributed by atoms with Crippen LogP contribution in [0.15, 0.2) is 53.3 Å². The number of hydrogen-bond donors (Lipinski definition) is 1. The Hall–Kier alpha value is -4.01. The molecule has 1 amide bonds. The van der Waals surface area contributed by atoms with Gasteiger partial charge >= 0.3 is 0 Å². The van der Waals surface area contributed by atoms with Crippen molar-refractivity contribution in [2.24, 2.45) is 5.92 Å². The molecule has 1 saturated heterocycles. The second-order valence-electron chi connectivity index (χ2n) is 8.39. The zero-order valence-corrected chi connectivity index (χ0v) is 18.9. The number of fused-ring (bicyclic) bond motifs is 1. The summed E-state index contributed by atoms with van der Waals surface area (Å²) in [5.41, 5.74) is 3.29. The van der Waals surface area contributed by atoms with Gasteiger partial charge in [0.15, 0.2) is 0 Å².